The lowest BCUT2D eigenvalue weighted by atomic mass is 10.0. The van der Waals surface area contributed by atoms with Crippen LogP contribution in [0.3, 0.4) is 0 Å². The summed E-state index contributed by atoms with van der Waals surface area (Å²) in [5.41, 5.74) is 1.87. The van der Waals surface area contributed by atoms with E-state index < -0.39 is 17.6 Å². The number of alkyl carbamates (subject to hydrolysis) is 1. The first-order valence-electron chi connectivity index (χ1n) is 12.6. The van der Waals surface area contributed by atoms with E-state index in [2.05, 4.69) is 10.6 Å². The fourth-order valence-corrected chi connectivity index (χ4v) is 4.11. The van der Waals surface area contributed by atoms with Gasteiger partial charge in [-0.2, -0.15) is 0 Å². The van der Waals surface area contributed by atoms with Crippen molar-refractivity contribution in [3.63, 3.8) is 0 Å². The highest BCUT2D eigenvalue weighted by atomic mass is 16.6. The molecule has 2 heterocycles. The third-order valence-electron chi connectivity index (χ3n) is 5.74. The van der Waals surface area contributed by atoms with Crippen LogP contribution in [-0.4, -0.2) is 39.2 Å². The van der Waals surface area contributed by atoms with Crippen molar-refractivity contribution in [1.29, 1.82) is 0 Å². The molecule has 0 saturated carbocycles. The molecule has 1 aliphatic heterocycles. The van der Waals surface area contributed by atoms with E-state index in [4.69, 9.17) is 4.74 Å². The molecule has 35 heavy (non-hydrogen) atoms. The lowest BCUT2D eigenvalue weighted by molar-refractivity contribution is -0.135. The number of aryl methyl sites for hydroxylation is 2. The smallest absolute Gasteiger partial charge is 0.407 e. The molecule has 1 aliphatic rings. The molecule has 0 bridgehead atoms. The van der Waals surface area contributed by atoms with Crippen LogP contribution in [0, 0.1) is 0 Å². The first-order chi connectivity index (χ1) is 16.6. The fraction of sp³-hybridized carbons (Fsp3) is 0.615. The zero-order valence-electron chi connectivity index (χ0n) is 21.9. The van der Waals surface area contributed by atoms with E-state index in [-0.39, 0.29) is 24.1 Å². The molecule has 0 spiro atoms. The van der Waals surface area contributed by atoms with Gasteiger partial charge in [0.1, 0.15) is 11.6 Å². The van der Waals surface area contributed by atoms with Crippen LogP contribution in [-0.2, 0) is 27.8 Å². The lowest BCUT2D eigenvalue weighted by Crippen LogP contribution is -2.44. The third-order valence-corrected chi connectivity index (χ3v) is 5.74. The van der Waals surface area contributed by atoms with Gasteiger partial charge in [-0.15, -0.1) is 0 Å². The van der Waals surface area contributed by atoms with Crippen LogP contribution in [0.5, 0.6) is 0 Å². The highest BCUT2D eigenvalue weighted by Gasteiger charge is 2.31. The average molecular weight is 489 g/mol. The number of aromatic nitrogens is 2. The second-order valence-electron chi connectivity index (χ2n) is 9.59. The number of nitrogens with one attached hydrogen (secondary N) is 2. The van der Waals surface area contributed by atoms with Gasteiger partial charge in [-0.1, -0.05) is 32.8 Å². The average Bonchev–Trinajstić information content (AvgIpc) is 3.03. The number of imidazole rings is 1. The molecule has 3 amide bonds. The maximum atomic E-state index is 12.8. The minimum absolute atomic E-state index is 0.227. The van der Waals surface area contributed by atoms with Gasteiger partial charge in [0, 0.05) is 20.0 Å². The van der Waals surface area contributed by atoms with Crippen LogP contribution >= 0.6 is 0 Å². The van der Waals surface area contributed by atoms with Gasteiger partial charge in [0.05, 0.1) is 11.0 Å². The van der Waals surface area contributed by atoms with Crippen molar-refractivity contribution in [3.8, 4) is 0 Å². The number of hydrogen-bond donors (Lipinski definition) is 2. The van der Waals surface area contributed by atoms with Crippen molar-refractivity contribution in [1.82, 2.24) is 19.8 Å². The number of piperidine rings is 1. The number of carbonyl (C=O) groups is 3. The van der Waals surface area contributed by atoms with Gasteiger partial charge in [0.2, 0.25) is 11.8 Å². The van der Waals surface area contributed by atoms with E-state index in [0.29, 0.717) is 18.5 Å². The van der Waals surface area contributed by atoms with Gasteiger partial charge in [-0.05, 0) is 64.2 Å². The Morgan fingerprint density at radius 2 is 1.77 bits per heavy atom. The molecular weight excluding hydrogens is 448 g/mol. The second kappa shape index (κ2) is 12.6. The highest BCUT2D eigenvalue weighted by molar-refractivity contribution is 6.00. The summed E-state index contributed by atoms with van der Waals surface area (Å²) in [5.74, 6) is -0.724. The number of amides is 3. The van der Waals surface area contributed by atoms with Crippen molar-refractivity contribution >= 4 is 28.9 Å². The molecular formula is C26H40N4O5. The third kappa shape index (κ3) is 7.70. The van der Waals surface area contributed by atoms with E-state index in [9.17, 15) is 19.2 Å². The number of hydrogen-bond acceptors (Lipinski definition) is 5. The predicted molar refractivity (Wildman–Crippen MR) is 136 cm³/mol. The number of nitrogens with zero attached hydrogens (tertiary/aromatic N) is 2. The first-order valence-corrected chi connectivity index (χ1v) is 12.6. The van der Waals surface area contributed by atoms with Gasteiger partial charge in [-0.3, -0.25) is 24.0 Å². The maximum absolute atomic E-state index is 12.8. The monoisotopic (exact) mass is 488 g/mol. The SMILES string of the molecule is CC.Cn1c(=O)n(C2CCC(=O)NC2=O)c2ccc(CCCCCCNC(=O)OC(C)(C)C)cc21. The van der Waals surface area contributed by atoms with Crippen LogP contribution in [0.4, 0.5) is 4.79 Å². The lowest BCUT2D eigenvalue weighted by Gasteiger charge is -2.21. The van der Waals surface area contributed by atoms with E-state index in [1.54, 1.807) is 11.6 Å². The van der Waals surface area contributed by atoms with Crippen molar-refractivity contribution in [2.45, 2.75) is 91.2 Å². The normalized spacial score (nSPS) is 15.9. The second-order valence-corrected chi connectivity index (χ2v) is 9.59. The summed E-state index contributed by atoms with van der Waals surface area (Å²) in [6, 6.07) is 5.22. The van der Waals surface area contributed by atoms with E-state index in [0.717, 1.165) is 43.2 Å². The van der Waals surface area contributed by atoms with Crippen molar-refractivity contribution < 1.29 is 19.1 Å². The minimum Gasteiger partial charge on any atom is -0.444 e. The number of carbonyl (C=O) groups excluding carboxylic acids is 3. The Balaban J connectivity index is 0.00000210. The largest absolute Gasteiger partial charge is 0.444 e. The molecule has 1 fully saturated rings. The Kier molecular flexibility index (Phi) is 10.1. The van der Waals surface area contributed by atoms with Gasteiger partial charge >= 0.3 is 11.8 Å². The van der Waals surface area contributed by atoms with Gasteiger partial charge in [-0.25, -0.2) is 9.59 Å². The van der Waals surface area contributed by atoms with Gasteiger partial charge in [0.15, 0.2) is 0 Å². The molecule has 1 aromatic heterocycles. The van der Waals surface area contributed by atoms with Crippen LogP contribution in [0.15, 0.2) is 23.0 Å². The highest BCUT2D eigenvalue weighted by Crippen LogP contribution is 2.24. The topological polar surface area (TPSA) is 111 Å². The summed E-state index contributed by atoms with van der Waals surface area (Å²) in [7, 11) is 1.70. The summed E-state index contributed by atoms with van der Waals surface area (Å²) in [4.78, 5) is 48.2. The molecule has 1 unspecified atom stereocenters. The van der Waals surface area contributed by atoms with Gasteiger partial charge in [0.25, 0.3) is 0 Å². The standard InChI is InChI=1S/C24H34N4O5.C2H6/c1-24(2,3)33-22(31)25-14-8-6-5-7-9-16-10-11-17-19(15-16)27(4)23(32)28(17)18-12-13-20(29)26-21(18)30;1-2/h10-11,15,18H,5-9,12-14H2,1-4H3,(H,25,31)(H,26,29,30);1-2H3. The maximum Gasteiger partial charge on any atom is 0.407 e. The molecule has 194 valence electrons. The quantitative estimate of drug-likeness (QED) is 0.431. The van der Waals surface area contributed by atoms with E-state index in [1.165, 1.54) is 4.57 Å². The molecule has 9 heteroatoms. The minimum atomic E-state index is -0.668. The Morgan fingerprint density at radius 3 is 2.43 bits per heavy atom. The van der Waals surface area contributed by atoms with Crippen LogP contribution in [0.1, 0.15) is 84.7 Å². The summed E-state index contributed by atoms with van der Waals surface area (Å²) >= 11 is 0. The fourth-order valence-electron chi connectivity index (χ4n) is 4.11. The molecule has 1 atom stereocenters. The summed E-state index contributed by atoms with van der Waals surface area (Å²) in [6.07, 6.45) is 4.98. The zero-order valence-corrected chi connectivity index (χ0v) is 21.9. The van der Waals surface area contributed by atoms with Crippen molar-refractivity contribution in [2.24, 2.45) is 7.05 Å². The van der Waals surface area contributed by atoms with Crippen LogP contribution < -0.4 is 16.3 Å². The van der Waals surface area contributed by atoms with Crippen LogP contribution in [0.25, 0.3) is 11.0 Å². The summed E-state index contributed by atoms with van der Waals surface area (Å²) in [6.45, 7) is 10.1. The van der Waals surface area contributed by atoms with Gasteiger partial charge < -0.3 is 10.1 Å². The van der Waals surface area contributed by atoms with E-state index in [1.807, 2.05) is 52.8 Å². The molecule has 3 rings (SSSR count). The number of imide groups is 1. The van der Waals surface area contributed by atoms with Crippen molar-refractivity contribution in [3.05, 3.63) is 34.2 Å². The van der Waals surface area contributed by atoms with Crippen LogP contribution in [0.2, 0.25) is 0 Å². The summed E-state index contributed by atoms with van der Waals surface area (Å²) < 4.78 is 8.27. The molecule has 0 radical (unpaired) electrons. The molecule has 2 aromatic rings. The number of unbranched alkanes of at least 4 members (excludes halogenated alkanes) is 3. The molecule has 1 saturated heterocycles. The molecule has 0 aliphatic carbocycles. The Morgan fingerprint density at radius 1 is 1.09 bits per heavy atom. The number of ether oxygens (including phenoxy) is 1. The Hall–Kier alpha value is -3.10. The first kappa shape index (κ1) is 28.1. The molecule has 2 N–H and O–H groups in total. The number of benzene rings is 1. The Labute approximate surface area is 207 Å². The Bertz CT molecular complexity index is 1090. The van der Waals surface area contributed by atoms with Crippen molar-refractivity contribution in [2.75, 3.05) is 6.54 Å². The number of rotatable bonds is 8. The zero-order chi connectivity index (χ0) is 26.2. The summed E-state index contributed by atoms with van der Waals surface area (Å²) in [5, 5.41) is 5.10. The van der Waals surface area contributed by atoms with E-state index >= 15 is 0 Å². The predicted octanol–water partition coefficient (Wildman–Crippen LogP) is 3.97. The molecule has 9 nitrogen and oxygen atoms in total. The molecule has 1 aromatic carbocycles. The number of fused-ring (bicyclic) bond motifs is 1.